The van der Waals surface area contributed by atoms with Gasteiger partial charge in [0.25, 0.3) is 11.8 Å². The van der Waals surface area contributed by atoms with E-state index in [4.69, 9.17) is 0 Å². The minimum Gasteiger partial charge on any atom is -0.349 e. The van der Waals surface area contributed by atoms with Gasteiger partial charge < -0.3 is 15.5 Å². The molecule has 0 fully saturated rings. The first-order chi connectivity index (χ1) is 13.1. The lowest BCUT2D eigenvalue weighted by Gasteiger charge is -2.09. The third-order valence-corrected chi connectivity index (χ3v) is 4.07. The van der Waals surface area contributed by atoms with E-state index in [1.54, 1.807) is 34.9 Å². The van der Waals surface area contributed by atoms with E-state index in [0.717, 1.165) is 13.0 Å². The van der Waals surface area contributed by atoms with Crippen LogP contribution in [0.4, 0.5) is 5.69 Å². The molecule has 0 radical (unpaired) electrons. The van der Waals surface area contributed by atoms with Crippen LogP contribution in [0, 0.1) is 0 Å². The van der Waals surface area contributed by atoms with Crippen molar-refractivity contribution in [1.29, 1.82) is 0 Å². The number of hydrogen-bond donors (Lipinski definition) is 2. The Balaban J connectivity index is 1.81. The highest BCUT2D eigenvalue weighted by molar-refractivity contribution is 6.08. The Bertz CT molecular complexity index is 934. The summed E-state index contributed by atoms with van der Waals surface area (Å²) in [4.78, 5) is 31.6. The number of fused-ring (bicyclic) bond motifs is 1. The van der Waals surface area contributed by atoms with Gasteiger partial charge in [-0.15, -0.1) is 0 Å². The summed E-state index contributed by atoms with van der Waals surface area (Å²) in [7, 11) is 3.98. The number of anilines is 1. The molecule has 7 nitrogen and oxygen atoms in total. The van der Waals surface area contributed by atoms with Gasteiger partial charge in [0, 0.05) is 18.4 Å². The van der Waals surface area contributed by atoms with E-state index < -0.39 is 0 Å². The number of pyridine rings is 1. The van der Waals surface area contributed by atoms with Crippen molar-refractivity contribution >= 4 is 23.0 Å². The molecule has 140 valence electrons. The zero-order valence-corrected chi connectivity index (χ0v) is 15.5. The number of hydrogen-bond acceptors (Lipinski definition) is 4. The maximum absolute atomic E-state index is 12.7. The number of imidazole rings is 1. The van der Waals surface area contributed by atoms with Gasteiger partial charge in [0.1, 0.15) is 0 Å². The van der Waals surface area contributed by atoms with E-state index >= 15 is 0 Å². The third-order valence-electron chi connectivity index (χ3n) is 4.07. The summed E-state index contributed by atoms with van der Waals surface area (Å²) in [5.41, 5.74) is 1.48. The van der Waals surface area contributed by atoms with E-state index in [1.807, 2.05) is 38.4 Å². The van der Waals surface area contributed by atoms with Crippen molar-refractivity contribution in [2.75, 3.05) is 32.5 Å². The maximum Gasteiger partial charge on any atom is 0.287 e. The van der Waals surface area contributed by atoms with Crippen LogP contribution in [-0.2, 0) is 0 Å². The number of nitrogens with one attached hydrogen (secondary N) is 2. The highest BCUT2D eigenvalue weighted by atomic mass is 16.2. The van der Waals surface area contributed by atoms with Crippen LogP contribution in [0.3, 0.4) is 0 Å². The van der Waals surface area contributed by atoms with Crippen LogP contribution in [0.1, 0.15) is 27.5 Å². The molecule has 0 spiro atoms. The molecule has 2 amide bonds. The molecule has 0 bridgehead atoms. The van der Waals surface area contributed by atoms with Crippen molar-refractivity contribution in [2.24, 2.45) is 0 Å². The summed E-state index contributed by atoms with van der Waals surface area (Å²) in [6.45, 7) is 1.43. The van der Waals surface area contributed by atoms with Crippen LogP contribution >= 0.6 is 0 Å². The molecule has 3 aromatic rings. The molecule has 0 aliphatic carbocycles. The van der Waals surface area contributed by atoms with Gasteiger partial charge in [0.05, 0.1) is 5.52 Å². The van der Waals surface area contributed by atoms with Crippen LogP contribution in [-0.4, -0.2) is 53.3 Å². The molecule has 0 saturated carbocycles. The van der Waals surface area contributed by atoms with Gasteiger partial charge in [0.15, 0.2) is 5.69 Å². The van der Waals surface area contributed by atoms with Crippen molar-refractivity contribution in [3.63, 3.8) is 0 Å². The topological polar surface area (TPSA) is 78.7 Å². The third kappa shape index (κ3) is 4.51. The van der Waals surface area contributed by atoms with E-state index in [2.05, 4.69) is 20.5 Å². The van der Waals surface area contributed by atoms with E-state index in [0.29, 0.717) is 17.7 Å². The molecule has 0 aliphatic rings. The fourth-order valence-electron chi connectivity index (χ4n) is 2.75. The van der Waals surface area contributed by atoms with E-state index in [9.17, 15) is 9.59 Å². The Morgan fingerprint density at radius 3 is 2.52 bits per heavy atom. The van der Waals surface area contributed by atoms with E-state index in [-0.39, 0.29) is 23.3 Å². The monoisotopic (exact) mass is 365 g/mol. The normalized spacial score (nSPS) is 10.9. The summed E-state index contributed by atoms with van der Waals surface area (Å²) in [6.07, 6.45) is 2.57. The molecule has 1 aromatic carbocycles. The average molecular weight is 365 g/mol. The van der Waals surface area contributed by atoms with Gasteiger partial charge in [-0.2, -0.15) is 0 Å². The van der Waals surface area contributed by atoms with Crippen molar-refractivity contribution in [2.45, 2.75) is 6.42 Å². The molecular formula is C20H23N5O2. The smallest absolute Gasteiger partial charge is 0.287 e. The molecule has 3 rings (SSSR count). The fraction of sp³-hybridized carbons (Fsp3) is 0.250. The van der Waals surface area contributed by atoms with Crippen LogP contribution in [0.5, 0.6) is 0 Å². The number of carbonyl (C=O) groups excluding carboxylic acids is 2. The van der Waals surface area contributed by atoms with Crippen LogP contribution in [0.2, 0.25) is 0 Å². The van der Waals surface area contributed by atoms with Crippen LogP contribution in [0.15, 0.2) is 54.7 Å². The predicted molar refractivity (Wildman–Crippen MR) is 105 cm³/mol. The Kier molecular flexibility index (Phi) is 5.83. The summed E-state index contributed by atoms with van der Waals surface area (Å²) in [5.74, 6) is -0.445. The lowest BCUT2D eigenvalue weighted by atomic mass is 10.3. The van der Waals surface area contributed by atoms with Gasteiger partial charge in [-0.1, -0.05) is 24.3 Å². The Morgan fingerprint density at radius 2 is 1.78 bits per heavy atom. The quantitative estimate of drug-likeness (QED) is 0.630. The lowest BCUT2D eigenvalue weighted by molar-refractivity contribution is 0.0941. The number of aromatic nitrogens is 2. The molecule has 2 N–H and O–H groups in total. The SMILES string of the molecule is CN(C)CCCNC(=O)c1nc(C(=O)Nc2ccccc2)c2ccccn12. The number of nitrogens with zero attached hydrogens (tertiary/aromatic N) is 3. The molecule has 2 heterocycles. The van der Waals surface area contributed by atoms with E-state index in [1.165, 1.54) is 0 Å². The zero-order chi connectivity index (χ0) is 19.2. The molecular weight excluding hydrogens is 342 g/mol. The van der Waals surface area contributed by atoms with Gasteiger partial charge in [0.2, 0.25) is 5.82 Å². The highest BCUT2D eigenvalue weighted by Crippen LogP contribution is 2.15. The molecule has 0 saturated heterocycles. The second-order valence-corrected chi connectivity index (χ2v) is 6.47. The standard InChI is InChI=1S/C20H23N5O2/c1-24(2)13-8-12-21-20(27)18-23-17(16-11-6-7-14-25(16)18)19(26)22-15-9-4-3-5-10-15/h3-7,9-11,14H,8,12-13H2,1-2H3,(H,21,27)(H,22,26). The van der Waals surface area contributed by atoms with Crippen molar-refractivity contribution in [3.05, 3.63) is 66.2 Å². The average Bonchev–Trinajstić information content (AvgIpc) is 3.06. The first-order valence-electron chi connectivity index (χ1n) is 8.82. The first-order valence-corrected chi connectivity index (χ1v) is 8.82. The fourth-order valence-corrected chi connectivity index (χ4v) is 2.75. The van der Waals surface area contributed by atoms with Crippen molar-refractivity contribution in [1.82, 2.24) is 19.6 Å². The number of rotatable bonds is 7. The minimum atomic E-state index is -0.350. The lowest BCUT2D eigenvalue weighted by Crippen LogP contribution is -2.28. The number of amides is 2. The second kappa shape index (κ2) is 8.46. The van der Waals surface area contributed by atoms with Gasteiger partial charge in [-0.3, -0.25) is 14.0 Å². The second-order valence-electron chi connectivity index (χ2n) is 6.47. The first kappa shape index (κ1) is 18.6. The molecule has 7 heteroatoms. The molecule has 27 heavy (non-hydrogen) atoms. The maximum atomic E-state index is 12.7. The number of benzene rings is 1. The Morgan fingerprint density at radius 1 is 1.04 bits per heavy atom. The van der Waals surface area contributed by atoms with Crippen LogP contribution < -0.4 is 10.6 Å². The summed E-state index contributed by atoms with van der Waals surface area (Å²) >= 11 is 0. The zero-order valence-electron chi connectivity index (χ0n) is 15.5. The van der Waals surface area contributed by atoms with Crippen molar-refractivity contribution in [3.8, 4) is 0 Å². The summed E-state index contributed by atoms with van der Waals surface area (Å²) in [5, 5.41) is 5.68. The molecule has 0 unspecified atom stereocenters. The van der Waals surface area contributed by atoms with Crippen LogP contribution in [0.25, 0.3) is 5.52 Å². The van der Waals surface area contributed by atoms with Gasteiger partial charge in [-0.05, 0) is 51.3 Å². The largest absolute Gasteiger partial charge is 0.349 e. The number of para-hydroxylation sites is 1. The minimum absolute atomic E-state index is 0.202. The Labute approximate surface area is 158 Å². The molecule has 2 aromatic heterocycles. The van der Waals surface area contributed by atoms with Gasteiger partial charge >= 0.3 is 0 Å². The molecule has 0 aliphatic heterocycles. The summed E-state index contributed by atoms with van der Waals surface area (Å²) < 4.78 is 1.64. The predicted octanol–water partition coefficient (Wildman–Crippen LogP) is 2.27. The van der Waals surface area contributed by atoms with Gasteiger partial charge in [-0.25, -0.2) is 4.98 Å². The Hall–Kier alpha value is -3.19. The summed E-state index contributed by atoms with van der Waals surface area (Å²) in [6, 6.07) is 14.5. The highest BCUT2D eigenvalue weighted by Gasteiger charge is 2.21. The number of carbonyl (C=O) groups is 2. The molecule has 0 atom stereocenters. The van der Waals surface area contributed by atoms with Crippen molar-refractivity contribution < 1.29 is 9.59 Å².